The van der Waals surface area contributed by atoms with E-state index >= 15 is 0 Å². The van der Waals surface area contributed by atoms with Crippen molar-refractivity contribution in [2.24, 2.45) is 0 Å². The molecule has 18 heteroatoms. The molecule has 18 nitrogen and oxygen atoms in total. The van der Waals surface area contributed by atoms with Crippen molar-refractivity contribution < 1.29 is 88.3 Å². The number of ether oxygens (including phenoxy) is 8. The molecule has 7 unspecified atom stereocenters. The average Bonchev–Trinajstić information content (AvgIpc) is 2.96. The van der Waals surface area contributed by atoms with Crippen molar-refractivity contribution in [2.75, 3.05) is 68.3 Å². The lowest BCUT2D eigenvalue weighted by Crippen LogP contribution is -2.66. The lowest BCUT2D eigenvalue weighted by molar-refractivity contribution is -0.873. The van der Waals surface area contributed by atoms with Crippen LogP contribution in [0.25, 0.3) is 0 Å². The van der Waals surface area contributed by atoms with Crippen LogP contribution in [0.1, 0.15) is 0 Å². The molecule has 3 aliphatic heterocycles. The summed E-state index contributed by atoms with van der Waals surface area (Å²) in [6, 6.07) is 0. The van der Waals surface area contributed by atoms with Crippen LogP contribution < -0.4 is 0 Å². The van der Waals surface area contributed by atoms with Gasteiger partial charge in [0.05, 0.1) is 47.6 Å². The molecular formula is C26H50NO17+. The molecule has 16 atom stereocenters. The van der Waals surface area contributed by atoms with E-state index in [-0.39, 0.29) is 13.2 Å². The van der Waals surface area contributed by atoms with Crippen molar-refractivity contribution in [3.8, 4) is 0 Å². The summed E-state index contributed by atoms with van der Waals surface area (Å²) in [4.78, 5) is 0. The fraction of sp³-hybridized carbons (Fsp3) is 1.00. The van der Waals surface area contributed by atoms with Gasteiger partial charge in [0.2, 0.25) is 0 Å². The third kappa shape index (κ3) is 9.00. The molecule has 3 aliphatic rings. The van der Waals surface area contributed by atoms with E-state index in [9.17, 15) is 46.0 Å². The molecule has 3 saturated heterocycles. The Morgan fingerprint density at radius 3 is 1.52 bits per heavy atom. The van der Waals surface area contributed by atoms with Gasteiger partial charge in [0.25, 0.3) is 0 Å². The summed E-state index contributed by atoms with van der Waals surface area (Å²) in [7, 11) is 8.12. The monoisotopic (exact) mass is 648 g/mol. The van der Waals surface area contributed by atoms with Crippen molar-refractivity contribution in [3.05, 3.63) is 0 Å². The first-order chi connectivity index (χ1) is 20.7. The molecule has 44 heavy (non-hydrogen) atoms. The highest BCUT2D eigenvalue weighted by Crippen LogP contribution is 2.33. The summed E-state index contributed by atoms with van der Waals surface area (Å²) in [6.45, 7) is -1.43. The summed E-state index contributed by atoms with van der Waals surface area (Å²) < 4.78 is 44.7. The van der Waals surface area contributed by atoms with E-state index < -0.39 is 111 Å². The lowest BCUT2D eigenvalue weighted by Gasteiger charge is -2.48. The molecular weight excluding hydrogens is 598 g/mol. The number of methoxy groups -OCH3 is 2. The Balaban J connectivity index is 1.80. The van der Waals surface area contributed by atoms with Gasteiger partial charge in [0, 0.05) is 14.2 Å². The van der Waals surface area contributed by atoms with Gasteiger partial charge in [-0.15, -0.1) is 0 Å². The maximum absolute atomic E-state index is 11.2. The fourth-order valence-electron chi connectivity index (χ4n) is 5.51. The normalized spacial score (nSPS) is 44.5. The zero-order chi connectivity index (χ0) is 32.9. The maximum atomic E-state index is 11.2. The number of hydrogen-bond acceptors (Lipinski definition) is 17. The minimum absolute atomic E-state index is 0.151. The predicted octanol–water partition coefficient (Wildman–Crippen LogP) is -6.17. The van der Waals surface area contributed by atoms with Crippen LogP contribution in [0.15, 0.2) is 0 Å². The molecule has 0 amide bonds. The van der Waals surface area contributed by atoms with Gasteiger partial charge in [-0.05, 0) is 0 Å². The Hall–Kier alpha value is -0.720. The quantitative estimate of drug-likeness (QED) is 0.0794. The minimum Gasteiger partial charge on any atom is -0.394 e. The largest absolute Gasteiger partial charge is 0.394 e. The third-order valence-electron chi connectivity index (χ3n) is 7.72. The highest BCUT2D eigenvalue weighted by molar-refractivity contribution is 4.96. The van der Waals surface area contributed by atoms with Crippen LogP contribution in [0.5, 0.6) is 0 Å². The molecule has 3 heterocycles. The zero-order valence-corrected chi connectivity index (χ0v) is 25.5. The molecule has 9 N–H and O–H groups in total. The van der Waals surface area contributed by atoms with Crippen LogP contribution in [0.3, 0.4) is 0 Å². The van der Waals surface area contributed by atoms with Crippen molar-refractivity contribution >= 4 is 0 Å². The summed E-state index contributed by atoms with van der Waals surface area (Å²) in [5.41, 5.74) is 0. The molecule has 3 fully saturated rings. The topological polar surface area (TPSA) is 256 Å². The molecule has 0 aromatic carbocycles. The molecule has 0 spiro atoms. The van der Waals surface area contributed by atoms with Crippen LogP contribution in [0.4, 0.5) is 0 Å². The molecule has 0 aromatic heterocycles. The highest BCUT2D eigenvalue weighted by atomic mass is 16.8. The molecule has 260 valence electrons. The molecule has 0 aliphatic carbocycles. The van der Waals surface area contributed by atoms with Gasteiger partial charge in [-0.2, -0.15) is 0 Å². The second kappa shape index (κ2) is 16.4. The Morgan fingerprint density at radius 2 is 1.05 bits per heavy atom. The van der Waals surface area contributed by atoms with Crippen LogP contribution in [0.2, 0.25) is 0 Å². The number of rotatable bonds is 14. The van der Waals surface area contributed by atoms with Gasteiger partial charge in [-0.3, -0.25) is 0 Å². The fourth-order valence-corrected chi connectivity index (χ4v) is 5.51. The Morgan fingerprint density at radius 1 is 0.614 bits per heavy atom. The first-order valence-electron chi connectivity index (χ1n) is 14.4. The van der Waals surface area contributed by atoms with Crippen LogP contribution >= 0.6 is 0 Å². The second-order valence-corrected chi connectivity index (χ2v) is 12.2. The number of quaternary nitrogens is 1. The van der Waals surface area contributed by atoms with Gasteiger partial charge in [0.15, 0.2) is 18.9 Å². The van der Waals surface area contributed by atoms with Gasteiger partial charge < -0.3 is 88.3 Å². The van der Waals surface area contributed by atoms with Gasteiger partial charge in [-0.25, -0.2) is 0 Å². The average molecular weight is 649 g/mol. The summed E-state index contributed by atoms with van der Waals surface area (Å²) >= 11 is 0. The van der Waals surface area contributed by atoms with E-state index in [0.29, 0.717) is 11.0 Å². The zero-order valence-electron chi connectivity index (χ0n) is 25.5. The van der Waals surface area contributed by atoms with Crippen molar-refractivity contribution in [2.45, 2.75) is 98.2 Å². The standard InChI is InChI=1S/C26H50NO17/c1-27(2,3)6-11(30)9-39-10-14-23(44-25-19(35)15(31)21(37-4)12(7-28)41-25)17(33)20(36)26(42-14)43-22-13(8-29)40-24(38-5)18(34)16(22)32/h11-26,28-36H,6-10H2,1-5H3/q+1/t11?,12?,13?,14?,15-,16-,17-,18?,19?,20?,21-,22-,23-,24-,25-,26-/m1/s1. The first-order valence-corrected chi connectivity index (χ1v) is 14.4. The second-order valence-electron chi connectivity index (χ2n) is 12.2. The number of aliphatic hydroxyl groups excluding tert-OH is 9. The number of nitrogens with zero attached hydrogens (tertiary/aromatic N) is 1. The molecule has 0 bridgehead atoms. The smallest absolute Gasteiger partial charge is 0.187 e. The SMILES string of the molecule is CO[C@@H]1OC(CO)[C@@H](O[C@H]2OC(COCC(O)C[N+](C)(C)C)[C@@H](O[C@H]3OC(CO)[C@@H](OC)[C@H](O)C3O)[C@H](O)C2O)[C@H](O)C1O. The van der Waals surface area contributed by atoms with Crippen molar-refractivity contribution in [1.29, 1.82) is 0 Å². The van der Waals surface area contributed by atoms with E-state index in [2.05, 4.69) is 0 Å². The van der Waals surface area contributed by atoms with E-state index in [4.69, 9.17) is 37.9 Å². The summed E-state index contributed by atoms with van der Waals surface area (Å²) in [5.74, 6) is 0. The van der Waals surface area contributed by atoms with Gasteiger partial charge in [-0.1, -0.05) is 0 Å². The van der Waals surface area contributed by atoms with Crippen molar-refractivity contribution in [1.82, 2.24) is 0 Å². The Bertz CT molecular complexity index is 848. The van der Waals surface area contributed by atoms with Crippen molar-refractivity contribution in [3.63, 3.8) is 0 Å². The number of likely N-dealkylation sites (N-methyl/N-ethyl adjacent to an activating group) is 1. The van der Waals surface area contributed by atoms with Crippen LogP contribution in [-0.4, -0.2) is 217 Å². The van der Waals surface area contributed by atoms with Gasteiger partial charge >= 0.3 is 0 Å². The Labute approximate surface area is 255 Å². The molecule has 0 aromatic rings. The molecule has 0 radical (unpaired) electrons. The van der Waals surface area contributed by atoms with E-state index in [1.807, 2.05) is 21.1 Å². The summed E-state index contributed by atoms with van der Waals surface area (Å²) in [5, 5.41) is 94.3. The third-order valence-corrected chi connectivity index (χ3v) is 7.72. The molecule has 3 rings (SSSR count). The predicted molar refractivity (Wildman–Crippen MR) is 143 cm³/mol. The van der Waals surface area contributed by atoms with E-state index in [1.165, 1.54) is 14.2 Å². The first kappa shape index (κ1) is 37.7. The van der Waals surface area contributed by atoms with Crippen LogP contribution in [-0.2, 0) is 37.9 Å². The minimum atomic E-state index is -1.87. The number of aliphatic hydroxyl groups is 9. The van der Waals surface area contributed by atoms with Gasteiger partial charge in [0.1, 0.15) is 85.9 Å². The highest BCUT2D eigenvalue weighted by Gasteiger charge is 2.53. The van der Waals surface area contributed by atoms with E-state index in [0.717, 1.165) is 0 Å². The lowest BCUT2D eigenvalue weighted by atomic mass is 9.96. The Kier molecular flexibility index (Phi) is 14.1. The maximum Gasteiger partial charge on any atom is 0.187 e. The number of hydrogen-bond donors (Lipinski definition) is 9. The van der Waals surface area contributed by atoms with E-state index in [1.54, 1.807) is 0 Å². The van der Waals surface area contributed by atoms with Crippen LogP contribution in [0, 0.1) is 0 Å². The summed E-state index contributed by atoms with van der Waals surface area (Å²) in [6.07, 6.45) is -23.3. The molecule has 0 saturated carbocycles.